The molecule has 0 aromatic carbocycles. The lowest BCUT2D eigenvalue weighted by Crippen LogP contribution is -2.13. The summed E-state index contributed by atoms with van der Waals surface area (Å²) in [6, 6.07) is 0. The first-order chi connectivity index (χ1) is 8.09. The summed E-state index contributed by atoms with van der Waals surface area (Å²) in [4.78, 5) is 17.5. The van der Waals surface area contributed by atoms with Crippen LogP contribution in [0.3, 0.4) is 0 Å². The molecule has 0 radical (unpaired) electrons. The summed E-state index contributed by atoms with van der Waals surface area (Å²) in [7, 11) is 0. The Morgan fingerprint density at radius 1 is 1.47 bits per heavy atom. The summed E-state index contributed by atoms with van der Waals surface area (Å²) in [6.07, 6.45) is 2.34. The van der Waals surface area contributed by atoms with Crippen molar-refractivity contribution in [2.75, 3.05) is 25.1 Å². The Morgan fingerprint density at radius 3 is 2.65 bits per heavy atom. The molecule has 1 rings (SSSR count). The molecule has 1 heterocycles. The van der Waals surface area contributed by atoms with Crippen molar-refractivity contribution < 1.29 is 9.66 Å². The second-order valence-corrected chi connectivity index (χ2v) is 3.92. The van der Waals surface area contributed by atoms with Gasteiger partial charge in [-0.3, -0.25) is 10.1 Å². The van der Waals surface area contributed by atoms with Crippen molar-refractivity contribution in [2.24, 2.45) is 5.92 Å². The van der Waals surface area contributed by atoms with E-state index in [1.54, 1.807) is 0 Å². The number of nitrogens with zero attached hydrogens (tertiary/aromatic N) is 3. The highest BCUT2D eigenvalue weighted by Crippen LogP contribution is 2.07. The van der Waals surface area contributed by atoms with Crippen LogP contribution < -0.4 is 5.32 Å². The predicted molar refractivity (Wildman–Crippen MR) is 62.8 cm³/mol. The highest BCUT2D eigenvalue weighted by atomic mass is 16.6. The Morgan fingerprint density at radius 2 is 2.12 bits per heavy atom. The SMILES string of the molecule is CC(C)COCCNc1ncc([N+](=O)[O-])cn1. The zero-order chi connectivity index (χ0) is 12.7. The van der Waals surface area contributed by atoms with Crippen molar-refractivity contribution in [1.29, 1.82) is 0 Å². The van der Waals surface area contributed by atoms with E-state index in [1.807, 2.05) is 0 Å². The number of aromatic nitrogens is 2. The first-order valence-corrected chi connectivity index (χ1v) is 5.37. The molecule has 17 heavy (non-hydrogen) atoms. The summed E-state index contributed by atoms with van der Waals surface area (Å²) in [6.45, 7) is 5.99. The largest absolute Gasteiger partial charge is 0.379 e. The van der Waals surface area contributed by atoms with Crippen molar-refractivity contribution in [1.82, 2.24) is 9.97 Å². The van der Waals surface area contributed by atoms with E-state index in [4.69, 9.17) is 4.74 Å². The van der Waals surface area contributed by atoms with Gasteiger partial charge < -0.3 is 10.1 Å². The van der Waals surface area contributed by atoms with Crippen molar-refractivity contribution in [3.8, 4) is 0 Å². The first-order valence-electron chi connectivity index (χ1n) is 5.37. The highest BCUT2D eigenvalue weighted by Gasteiger charge is 2.05. The van der Waals surface area contributed by atoms with Gasteiger partial charge in [-0.1, -0.05) is 13.8 Å². The van der Waals surface area contributed by atoms with Crippen LogP contribution in [0.2, 0.25) is 0 Å². The molecule has 7 heteroatoms. The van der Waals surface area contributed by atoms with Gasteiger partial charge in [0.25, 0.3) is 0 Å². The lowest BCUT2D eigenvalue weighted by atomic mass is 10.2. The third-order valence-corrected chi connectivity index (χ3v) is 1.83. The zero-order valence-electron chi connectivity index (χ0n) is 9.92. The second-order valence-electron chi connectivity index (χ2n) is 3.92. The van der Waals surface area contributed by atoms with Crippen LogP contribution in [0.4, 0.5) is 11.6 Å². The van der Waals surface area contributed by atoms with Crippen LogP contribution >= 0.6 is 0 Å². The summed E-state index contributed by atoms with van der Waals surface area (Å²) < 4.78 is 5.35. The van der Waals surface area contributed by atoms with Gasteiger partial charge in [0.1, 0.15) is 12.4 Å². The standard InChI is InChI=1S/C10H16N4O3/c1-8(2)7-17-4-3-11-10-12-5-9(6-13-10)14(15)16/h5-6,8H,3-4,7H2,1-2H3,(H,11,12,13). The molecular weight excluding hydrogens is 224 g/mol. The first kappa shape index (κ1) is 13.3. The summed E-state index contributed by atoms with van der Waals surface area (Å²) in [5.41, 5.74) is -0.119. The van der Waals surface area contributed by atoms with Gasteiger partial charge in [-0.05, 0) is 5.92 Å². The topological polar surface area (TPSA) is 90.2 Å². The lowest BCUT2D eigenvalue weighted by molar-refractivity contribution is -0.385. The molecule has 0 atom stereocenters. The van der Waals surface area contributed by atoms with Gasteiger partial charge in [0.05, 0.1) is 11.5 Å². The second kappa shape index (κ2) is 6.74. The van der Waals surface area contributed by atoms with Gasteiger partial charge in [-0.15, -0.1) is 0 Å². The molecule has 0 saturated carbocycles. The Labute approximate surface area is 99.4 Å². The van der Waals surface area contributed by atoms with E-state index in [1.165, 1.54) is 12.4 Å². The number of rotatable bonds is 7. The van der Waals surface area contributed by atoms with Crippen molar-refractivity contribution >= 4 is 11.6 Å². The molecule has 0 spiro atoms. The van der Waals surface area contributed by atoms with Crippen LogP contribution in [0.5, 0.6) is 0 Å². The third-order valence-electron chi connectivity index (χ3n) is 1.83. The fourth-order valence-corrected chi connectivity index (χ4v) is 1.06. The molecule has 94 valence electrons. The average molecular weight is 240 g/mol. The van der Waals surface area contributed by atoms with Gasteiger partial charge in [0.15, 0.2) is 0 Å². The fourth-order valence-electron chi connectivity index (χ4n) is 1.06. The number of hydrogen-bond acceptors (Lipinski definition) is 6. The lowest BCUT2D eigenvalue weighted by Gasteiger charge is -2.07. The molecule has 0 aliphatic rings. The minimum Gasteiger partial charge on any atom is -0.379 e. The summed E-state index contributed by atoms with van der Waals surface area (Å²) in [5, 5.41) is 13.3. The number of ether oxygens (including phenoxy) is 1. The van der Waals surface area contributed by atoms with Gasteiger partial charge in [0.2, 0.25) is 5.95 Å². The van der Waals surface area contributed by atoms with E-state index < -0.39 is 4.92 Å². The molecule has 1 N–H and O–H groups in total. The Hall–Kier alpha value is -1.76. The smallest absolute Gasteiger partial charge is 0.305 e. The number of nitro groups is 1. The Balaban J connectivity index is 2.25. The molecule has 0 amide bonds. The quantitative estimate of drug-likeness (QED) is 0.441. The van der Waals surface area contributed by atoms with Gasteiger partial charge in [-0.25, -0.2) is 9.97 Å². The van der Waals surface area contributed by atoms with Crippen molar-refractivity contribution in [3.05, 3.63) is 22.5 Å². The van der Waals surface area contributed by atoms with E-state index in [0.29, 0.717) is 31.6 Å². The van der Waals surface area contributed by atoms with Crippen LogP contribution in [0.1, 0.15) is 13.8 Å². The maximum absolute atomic E-state index is 10.4. The maximum Gasteiger partial charge on any atom is 0.305 e. The number of anilines is 1. The summed E-state index contributed by atoms with van der Waals surface area (Å²) in [5.74, 6) is 0.870. The van der Waals surface area contributed by atoms with E-state index >= 15 is 0 Å². The van der Waals surface area contributed by atoms with Gasteiger partial charge in [-0.2, -0.15) is 0 Å². The van der Waals surface area contributed by atoms with Crippen LogP contribution in [0.25, 0.3) is 0 Å². The monoisotopic (exact) mass is 240 g/mol. The molecule has 0 unspecified atom stereocenters. The number of hydrogen-bond donors (Lipinski definition) is 1. The average Bonchev–Trinajstić information content (AvgIpc) is 2.29. The van der Waals surface area contributed by atoms with Crippen LogP contribution in [-0.2, 0) is 4.74 Å². The highest BCUT2D eigenvalue weighted by molar-refractivity contribution is 5.30. The predicted octanol–water partition coefficient (Wildman–Crippen LogP) is 1.47. The molecule has 0 aliphatic carbocycles. The molecule has 0 fully saturated rings. The van der Waals surface area contributed by atoms with E-state index in [0.717, 1.165) is 0 Å². The minimum absolute atomic E-state index is 0.119. The Kier molecular flexibility index (Phi) is 5.28. The maximum atomic E-state index is 10.4. The van der Waals surface area contributed by atoms with E-state index in [9.17, 15) is 10.1 Å². The van der Waals surface area contributed by atoms with Gasteiger partial charge in [0, 0.05) is 13.2 Å². The third kappa shape index (κ3) is 5.21. The minimum atomic E-state index is -0.532. The summed E-state index contributed by atoms with van der Waals surface area (Å²) >= 11 is 0. The van der Waals surface area contributed by atoms with Crippen molar-refractivity contribution in [3.63, 3.8) is 0 Å². The zero-order valence-corrected chi connectivity index (χ0v) is 9.92. The van der Waals surface area contributed by atoms with Crippen LogP contribution in [0, 0.1) is 16.0 Å². The molecular formula is C10H16N4O3. The molecule has 1 aromatic heterocycles. The number of nitrogens with one attached hydrogen (secondary N) is 1. The molecule has 0 aliphatic heterocycles. The van der Waals surface area contributed by atoms with Gasteiger partial charge >= 0.3 is 5.69 Å². The fraction of sp³-hybridized carbons (Fsp3) is 0.600. The van der Waals surface area contributed by atoms with E-state index in [-0.39, 0.29) is 5.69 Å². The van der Waals surface area contributed by atoms with Crippen LogP contribution in [0.15, 0.2) is 12.4 Å². The Bertz CT molecular complexity index is 353. The normalized spacial score (nSPS) is 10.5. The molecule has 0 bridgehead atoms. The van der Waals surface area contributed by atoms with Crippen molar-refractivity contribution in [2.45, 2.75) is 13.8 Å². The van der Waals surface area contributed by atoms with Crippen LogP contribution in [-0.4, -0.2) is 34.6 Å². The molecule has 7 nitrogen and oxygen atoms in total. The molecule has 1 aromatic rings. The van der Waals surface area contributed by atoms with E-state index in [2.05, 4.69) is 29.1 Å². The molecule has 0 saturated heterocycles.